The predicted octanol–water partition coefficient (Wildman–Crippen LogP) is 2.48. The van der Waals surface area contributed by atoms with Gasteiger partial charge in [-0.15, -0.1) is 12.1 Å². The summed E-state index contributed by atoms with van der Waals surface area (Å²) in [7, 11) is 1.42. The van der Waals surface area contributed by atoms with Gasteiger partial charge in [0.1, 0.15) is 0 Å². The monoisotopic (exact) mass is 268 g/mol. The number of ether oxygens (including phenoxy) is 1. The van der Waals surface area contributed by atoms with Crippen LogP contribution in [-0.4, -0.2) is 7.11 Å². The number of hydrogen-bond donors (Lipinski definition) is 0. The maximum atomic E-state index is 12.4. The molecule has 56 valence electrons. The Balaban J connectivity index is 0.000000461. The molecule has 1 aromatic rings. The second-order valence-corrected chi connectivity index (χ2v) is 1.56. The van der Waals surface area contributed by atoms with Gasteiger partial charge in [0.2, 0.25) is 0 Å². The van der Waals surface area contributed by atoms with Crippen molar-refractivity contribution in [2.24, 2.45) is 0 Å². The van der Waals surface area contributed by atoms with Crippen molar-refractivity contribution >= 4 is 13.6 Å². The van der Waals surface area contributed by atoms with E-state index in [0.717, 1.165) is 0 Å². The van der Waals surface area contributed by atoms with Crippen LogP contribution in [0.15, 0.2) is 18.2 Å². The molecule has 0 N–H and O–H groups in total. The van der Waals surface area contributed by atoms with E-state index in [-0.39, 0.29) is 11.6 Å². The van der Waals surface area contributed by atoms with Gasteiger partial charge in [0.15, 0.2) is 0 Å². The molecule has 0 radical (unpaired) electrons. The fraction of sp³-hybridized carbons (Fsp3) is 0.143. The Kier molecular flexibility index (Phi) is 6.78. The molecule has 1 aromatic carbocycles. The minimum absolute atomic E-state index is 0.234. The van der Waals surface area contributed by atoms with E-state index in [9.17, 15) is 4.39 Å². The summed E-state index contributed by atoms with van der Waals surface area (Å²) in [6.07, 6.45) is 0. The fourth-order valence-electron chi connectivity index (χ4n) is 0.553. The second-order valence-electron chi connectivity index (χ2n) is 1.56. The zero-order chi connectivity index (χ0) is 8.69. The van der Waals surface area contributed by atoms with Crippen LogP contribution in [0.1, 0.15) is 0 Å². The van der Waals surface area contributed by atoms with Crippen LogP contribution >= 0.6 is 13.6 Å². The number of halogens is 2. The first-order chi connectivity index (χ1) is 5.34. The molecule has 0 unspecified atom stereocenters. The summed E-state index contributed by atoms with van der Waals surface area (Å²) in [4.78, 5) is 0. The van der Waals surface area contributed by atoms with Gasteiger partial charge in [-0.3, -0.25) is 0 Å². The van der Waals surface area contributed by atoms with Crippen molar-refractivity contribution in [2.45, 2.75) is 0 Å². The molecule has 0 saturated heterocycles. The van der Waals surface area contributed by atoms with Gasteiger partial charge in [0.25, 0.3) is 0 Å². The van der Waals surface area contributed by atoms with Gasteiger partial charge < -0.3 is 4.74 Å². The Morgan fingerprint density at radius 2 is 2.27 bits per heavy atom. The quantitative estimate of drug-likeness (QED) is 0.563. The van der Waals surface area contributed by atoms with Crippen molar-refractivity contribution < 1.29 is 25.5 Å². The van der Waals surface area contributed by atoms with Crippen molar-refractivity contribution in [1.82, 2.24) is 0 Å². The first-order valence-electron chi connectivity index (χ1n) is 2.81. The van der Waals surface area contributed by atoms with Crippen molar-refractivity contribution in [2.75, 3.05) is 7.11 Å². The molecule has 1 nitrogen and oxygen atoms in total. The van der Waals surface area contributed by atoms with Gasteiger partial charge >= 0.3 is 30.0 Å². The summed E-state index contributed by atoms with van der Waals surface area (Å²) in [6, 6.07) is 6.94. The minimum atomic E-state index is -0.351. The summed E-state index contributed by atoms with van der Waals surface area (Å²) in [5.74, 6) is -0.117. The molecule has 4 heteroatoms. The van der Waals surface area contributed by atoms with Crippen LogP contribution in [0.25, 0.3) is 0 Å². The van der Waals surface area contributed by atoms with E-state index in [4.69, 9.17) is 0 Å². The van der Waals surface area contributed by atoms with E-state index in [2.05, 4.69) is 24.4 Å². The number of hydrogen-bond acceptors (Lipinski definition) is 1. The molecule has 11 heavy (non-hydrogen) atoms. The van der Waals surface area contributed by atoms with Gasteiger partial charge in [-0.25, -0.2) is 4.39 Å². The summed E-state index contributed by atoms with van der Waals surface area (Å²) >= 11 is 4.25. The van der Waals surface area contributed by atoms with Crippen molar-refractivity contribution in [1.29, 1.82) is 0 Å². The third-order valence-electron chi connectivity index (χ3n) is 0.996. The predicted molar refractivity (Wildman–Crippen MR) is 40.7 cm³/mol. The molecule has 0 aromatic heterocycles. The van der Waals surface area contributed by atoms with Crippen LogP contribution in [0.5, 0.6) is 5.75 Å². The normalized spacial score (nSPS) is 8.09. The first-order valence-corrected chi connectivity index (χ1v) is 9.76. The van der Waals surface area contributed by atoms with E-state index in [1.807, 2.05) is 0 Å². The summed E-state index contributed by atoms with van der Waals surface area (Å²) in [6.45, 7) is 0. The molecule has 0 amide bonds. The van der Waals surface area contributed by atoms with Gasteiger partial charge in [-0.2, -0.15) is 12.1 Å². The standard InChI is InChI=1S/C7H6FO.BrH.Zn/c1-9-7-5-3-2-4-6(7)8;;/h2,4-5H,1H3;1H;/q-1;;+2/p-1. The topological polar surface area (TPSA) is 9.23 Å². The molecule has 0 aliphatic carbocycles. The second kappa shape index (κ2) is 6.74. The molecule has 0 fully saturated rings. The van der Waals surface area contributed by atoms with E-state index in [1.54, 1.807) is 0 Å². The van der Waals surface area contributed by atoms with Crippen molar-refractivity contribution in [3.63, 3.8) is 0 Å². The molecular formula is C7H6BrFOZn. The first kappa shape index (κ1) is 11.1. The third-order valence-corrected chi connectivity index (χ3v) is 0.996. The molecule has 0 heterocycles. The van der Waals surface area contributed by atoms with E-state index >= 15 is 0 Å². The molecule has 0 spiro atoms. The third kappa shape index (κ3) is 3.83. The maximum absolute atomic E-state index is 12.4. The van der Waals surface area contributed by atoms with Gasteiger partial charge in [0.05, 0.1) is 12.9 Å². The van der Waals surface area contributed by atoms with Gasteiger partial charge in [-0.05, 0) is 0 Å². The van der Waals surface area contributed by atoms with E-state index in [0.29, 0.717) is 0 Å². The summed E-state index contributed by atoms with van der Waals surface area (Å²) in [5.41, 5.74) is 0. The van der Waals surface area contributed by atoms with Gasteiger partial charge in [0, 0.05) is 5.75 Å². The van der Waals surface area contributed by atoms with E-state index < -0.39 is 0 Å². The molecule has 0 bridgehead atoms. The Hall–Kier alpha value is 0.0534. The van der Waals surface area contributed by atoms with Crippen LogP contribution in [0.3, 0.4) is 0 Å². The average Bonchev–Trinajstić information content (AvgIpc) is 2.09. The fourth-order valence-corrected chi connectivity index (χ4v) is 0.553. The molecule has 0 saturated carbocycles. The Labute approximate surface area is 82.0 Å². The van der Waals surface area contributed by atoms with Crippen LogP contribution < -0.4 is 4.74 Å². The van der Waals surface area contributed by atoms with Crippen molar-refractivity contribution in [3.8, 4) is 5.75 Å². The Bertz CT molecular complexity index is 207. The SMILES string of the molecule is COc1c[c-]ccc1F.[Zn+][Br]. The molecule has 0 aliphatic heterocycles. The van der Waals surface area contributed by atoms with Crippen LogP contribution in [0.4, 0.5) is 4.39 Å². The molecule has 1 rings (SSSR count). The Morgan fingerprint density at radius 3 is 2.64 bits per heavy atom. The van der Waals surface area contributed by atoms with Crippen LogP contribution in [-0.2, 0) is 16.3 Å². The van der Waals surface area contributed by atoms with Crippen molar-refractivity contribution in [3.05, 3.63) is 30.1 Å². The number of methoxy groups -OCH3 is 1. The zero-order valence-corrected chi connectivity index (χ0v) is 10.7. The van der Waals surface area contributed by atoms with Crippen LogP contribution in [0.2, 0.25) is 0 Å². The molecule has 0 aliphatic rings. The summed E-state index contributed by atoms with van der Waals surface area (Å²) in [5, 5.41) is 0. The number of benzene rings is 1. The van der Waals surface area contributed by atoms with Crippen LogP contribution in [0, 0.1) is 11.9 Å². The average molecular weight is 270 g/mol. The zero-order valence-electron chi connectivity index (χ0n) is 6.10. The summed E-state index contributed by atoms with van der Waals surface area (Å²) < 4.78 is 17.1. The molecular weight excluding hydrogens is 264 g/mol. The molecule has 0 atom stereocenters. The Morgan fingerprint density at radius 1 is 1.64 bits per heavy atom. The number of rotatable bonds is 1. The van der Waals surface area contributed by atoms with Gasteiger partial charge in [-0.1, -0.05) is 0 Å². The van der Waals surface area contributed by atoms with E-state index in [1.165, 1.54) is 41.7 Å².